The molecule has 0 fully saturated rings. The number of aliphatic imine (C=N–C) groups is 1. The van der Waals surface area contributed by atoms with Gasteiger partial charge in [0.1, 0.15) is 18.0 Å². The molecule has 7 heteroatoms. The van der Waals surface area contributed by atoms with Gasteiger partial charge in [-0.05, 0) is 47.5 Å². The third-order valence-corrected chi connectivity index (χ3v) is 5.76. The predicted molar refractivity (Wildman–Crippen MR) is 86.6 cm³/mol. The maximum absolute atomic E-state index is 13.1. The molecule has 1 heterocycles. The summed E-state index contributed by atoms with van der Waals surface area (Å²) in [7, 11) is -3.36. The Kier molecular flexibility index (Phi) is 7.23. The summed E-state index contributed by atoms with van der Waals surface area (Å²) >= 11 is 0. The molecule has 0 aromatic rings. The Hall–Kier alpha value is -0.710. The second kappa shape index (κ2) is 8.23. The molecular weight excluding hydrogens is 305 g/mol. The van der Waals surface area contributed by atoms with Crippen molar-refractivity contribution in [3.8, 4) is 0 Å². The lowest BCUT2D eigenvalue weighted by Crippen LogP contribution is -2.24. The van der Waals surface area contributed by atoms with E-state index in [4.69, 9.17) is 13.8 Å². The van der Waals surface area contributed by atoms with E-state index >= 15 is 0 Å². The molecule has 0 aromatic carbocycles. The van der Waals surface area contributed by atoms with Crippen LogP contribution < -0.4 is 0 Å². The van der Waals surface area contributed by atoms with Crippen LogP contribution in [0.1, 0.15) is 53.9 Å². The number of hydrogen-bond acceptors (Lipinski definition) is 6. The maximum atomic E-state index is 13.1. The summed E-state index contributed by atoms with van der Waals surface area (Å²) in [4.78, 5) is 15.7. The van der Waals surface area contributed by atoms with Crippen molar-refractivity contribution in [3.63, 3.8) is 0 Å². The average Bonchev–Trinajstić information content (AvgIpc) is 2.74. The summed E-state index contributed by atoms with van der Waals surface area (Å²) in [5.41, 5.74) is -0.884. The zero-order valence-electron chi connectivity index (χ0n) is 14.3. The van der Waals surface area contributed by atoms with Crippen molar-refractivity contribution >= 4 is 19.3 Å². The third kappa shape index (κ3) is 5.49. The molecule has 22 heavy (non-hydrogen) atoms. The van der Waals surface area contributed by atoms with Gasteiger partial charge in [0.2, 0.25) is 0 Å². The SMILES string of the molecule is CCOP(=O)(OCC)C(CCCC(C)=O)C1=NC(C)(C)CO1. The molecule has 128 valence electrons. The second-order valence-electron chi connectivity index (χ2n) is 6.04. The molecule has 1 unspecified atom stereocenters. The Morgan fingerprint density at radius 2 is 1.95 bits per heavy atom. The van der Waals surface area contributed by atoms with Gasteiger partial charge in [-0.1, -0.05) is 0 Å². The van der Waals surface area contributed by atoms with Gasteiger partial charge < -0.3 is 18.6 Å². The van der Waals surface area contributed by atoms with Gasteiger partial charge in [0.05, 0.1) is 18.8 Å². The van der Waals surface area contributed by atoms with Gasteiger partial charge in [-0.25, -0.2) is 4.99 Å². The fourth-order valence-electron chi connectivity index (χ4n) is 2.32. The molecule has 0 saturated heterocycles. The fraction of sp³-hybridized carbons (Fsp3) is 0.867. The first-order valence-corrected chi connectivity index (χ1v) is 9.46. The van der Waals surface area contributed by atoms with Crippen LogP contribution in [-0.4, -0.2) is 42.7 Å². The number of hydrogen-bond donors (Lipinski definition) is 0. The zero-order valence-corrected chi connectivity index (χ0v) is 15.2. The first-order chi connectivity index (χ1) is 10.2. The number of ketones is 1. The lowest BCUT2D eigenvalue weighted by Gasteiger charge is -2.25. The Balaban J connectivity index is 2.99. The van der Waals surface area contributed by atoms with E-state index in [1.807, 2.05) is 13.8 Å². The summed E-state index contributed by atoms with van der Waals surface area (Å²) in [6.45, 7) is 10.0. The molecule has 0 spiro atoms. The minimum absolute atomic E-state index is 0.107. The second-order valence-corrected chi connectivity index (χ2v) is 8.26. The Bertz CT molecular complexity index is 451. The molecule has 1 aliphatic rings. The maximum Gasteiger partial charge on any atom is 0.342 e. The van der Waals surface area contributed by atoms with E-state index in [1.54, 1.807) is 20.8 Å². The monoisotopic (exact) mass is 333 g/mol. The van der Waals surface area contributed by atoms with Crippen molar-refractivity contribution in [3.05, 3.63) is 0 Å². The van der Waals surface area contributed by atoms with Crippen LogP contribution in [0.15, 0.2) is 4.99 Å². The van der Waals surface area contributed by atoms with Crippen LogP contribution in [0, 0.1) is 0 Å². The summed E-state index contributed by atoms with van der Waals surface area (Å²) < 4.78 is 29.7. The first kappa shape index (κ1) is 19.3. The van der Waals surface area contributed by atoms with E-state index in [-0.39, 0.29) is 24.5 Å². The Labute approximate surface area is 133 Å². The standard InChI is InChI=1S/C15H28NO5P/c1-6-20-22(18,21-7-2)13(10-8-9-12(3)17)14-16-15(4,5)11-19-14/h13H,6-11H2,1-5H3. The highest BCUT2D eigenvalue weighted by Crippen LogP contribution is 2.55. The third-order valence-electron chi connectivity index (χ3n) is 3.28. The Morgan fingerprint density at radius 3 is 2.36 bits per heavy atom. The summed E-state index contributed by atoms with van der Waals surface area (Å²) in [5, 5.41) is 0. The van der Waals surface area contributed by atoms with Gasteiger partial charge >= 0.3 is 7.60 Å². The van der Waals surface area contributed by atoms with Crippen molar-refractivity contribution in [2.24, 2.45) is 4.99 Å². The van der Waals surface area contributed by atoms with Gasteiger partial charge in [0.25, 0.3) is 0 Å². The van der Waals surface area contributed by atoms with Crippen LogP contribution in [-0.2, 0) is 23.1 Å². The van der Waals surface area contributed by atoms with Crippen LogP contribution in [0.4, 0.5) is 0 Å². The summed E-state index contributed by atoms with van der Waals surface area (Å²) in [5.74, 6) is 0.537. The molecule has 1 aliphatic heterocycles. The molecule has 0 N–H and O–H groups in total. The largest absolute Gasteiger partial charge is 0.478 e. The molecule has 0 amide bonds. The number of nitrogens with zero attached hydrogens (tertiary/aromatic N) is 1. The van der Waals surface area contributed by atoms with Crippen LogP contribution in [0.25, 0.3) is 0 Å². The number of carbonyl (C=O) groups excluding carboxylic acids is 1. The Morgan fingerprint density at radius 1 is 1.36 bits per heavy atom. The van der Waals surface area contributed by atoms with Crippen LogP contribution >= 0.6 is 7.60 Å². The van der Waals surface area contributed by atoms with E-state index in [2.05, 4.69) is 4.99 Å². The van der Waals surface area contributed by atoms with Crippen molar-refractivity contribution in [1.82, 2.24) is 0 Å². The quantitative estimate of drug-likeness (QED) is 0.571. The topological polar surface area (TPSA) is 74.2 Å². The average molecular weight is 333 g/mol. The normalized spacial score (nSPS) is 18.7. The summed E-state index contributed by atoms with van der Waals surface area (Å²) in [6, 6.07) is 0. The van der Waals surface area contributed by atoms with Crippen LogP contribution in [0.5, 0.6) is 0 Å². The van der Waals surface area contributed by atoms with E-state index < -0.39 is 13.3 Å². The lowest BCUT2D eigenvalue weighted by molar-refractivity contribution is -0.117. The first-order valence-electron chi connectivity index (χ1n) is 7.85. The van der Waals surface area contributed by atoms with Crippen LogP contribution in [0.3, 0.4) is 0 Å². The lowest BCUT2D eigenvalue weighted by atomic mass is 10.1. The van der Waals surface area contributed by atoms with E-state index in [9.17, 15) is 9.36 Å². The molecule has 0 aliphatic carbocycles. The number of Topliss-reactive ketones (excluding diaryl/α,β-unsaturated/α-hetero) is 1. The molecule has 1 rings (SSSR count). The molecule has 0 bridgehead atoms. The van der Waals surface area contributed by atoms with Gasteiger partial charge in [-0.3, -0.25) is 4.57 Å². The number of rotatable bonds is 10. The highest BCUT2D eigenvalue weighted by atomic mass is 31.2. The highest BCUT2D eigenvalue weighted by Gasteiger charge is 2.43. The van der Waals surface area contributed by atoms with Crippen molar-refractivity contribution < 1.29 is 23.1 Å². The molecule has 0 radical (unpaired) electrons. The van der Waals surface area contributed by atoms with Crippen molar-refractivity contribution in [2.75, 3.05) is 19.8 Å². The van der Waals surface area contributed by atoms with Gasteiger partial charge in [-0.15, -0.1) is 0 Å². The van der Waals surface area contributed by atoms with E-state index in [0.717, 1.165) is 0 Å². The molecule has 1 atom stereocenters. The summed E-state index contributed by atoms with van der Waals surface area (Å²) in [6.07, 6.45) is 1.53. The predicted octanol–water partition coefficient (Wildman–Crippen LogP) is 3.59. The minimum atomic E-state index is -3.36. The number of carbonyl (C=O) groups is 1. The van der Waals surface area contributed by atoms with E-state index in [0.29, 0.717) is 31.8 Å². The van der Waals surface area contributed by atoms with Crippen molar-refractivity contribution in [1.29, 1.82) is 0 Å². The molecular formula is C15H28NO5P. The number of ether oxygens (including phenoxy) is 1. The smallest absolute Gasteiger partial charge is 0.342 e. The van der Waals surface area contributed by atoms with Gasteiger partial charge in [0, 0.05) is 6.42 Å². The fourth-order valence-corrected chi connectivity index (χ4v) is 4.38. The van der Waals surface area contributed by atoms with E-state index in [1.165, 1.54) is 0 Å². The van der Waals surface area contributed by atoms with Gasteiger partial charge in [-0.2, -0.15) is 0 Å². The van der Waals surface area contributed by atoms with Gasteiger partial charge in [0.15, 0.2) is 5.90 Å². The molecule has 0 aromatic heterocycles. The van der Waals surface area contributed by atoms with Crippen LogP contribution in [0.2, 0.25) is 0 Å². The highest BCUT2D eigenvalue weighted by molar-refractivity contribution is 7.55. The minimum Gasteiger partial charge on any atom is -0.478 e. The zero-order chi connectivity index (χ0) is 16.8. The molecule has 6 nitrogen and oxygen atoms in total. The van der Waals surface area contributed by atoms with Crippen molar-refractivity contribution in [2.45, 2.75) is 65.1 Å². The molecule has 0 saturated carbocycles.